The number of hydrogen-bond donors (Lipinski definition) is 0. The molecule has 0 aliphatic heterocycles. The minimum atomic E-state index is -0.415. The maximum Gasteiger partial charge on any atom is 0.234 e. The molecule has 1 aliphatic rings. The van der Waals surface area contributed by atoms with E-state index in [1.165, 1.54) is 27.1 Å². The topological polar surface area (TPSA) is 20.3 Å². The number of para-hydroxylation sites is 1. The molecule has 5 aromatic carbocycles. The van der Waals surface area contributed by atoms with Crippen LogP contribution in [0.15, 0.2) is 109 Å². The van der Waals surface area contributed by atoms with E-state index in [4.69, 9.17) is 0 Å². The number of aryl methyl sites for hydroxylation is 1. The van der Waals surface area contributed by atoms with Crippen molar-refractivity contribution in [3.05, 3.63) is 126 Å². The molecular formula is C38H41NO. The fraction of sp³-hybridized carbons (Fsp3) is 0.289. The first-order valence-electron chi connectivity index (χ1n) is 14.9. The van der Waals surface area contributed by atoms with Gasteiger partial charge in [-0.05, 0) is 82.5 Å². The first-order chi connectivity index (χ1) is 19.5. The van der Waals surface area contributed by atoms with Crippen LogP contribution in [0.4, 0.5) is 5.69 Å². The third-order valence-corrected chi connectivity index (χ3v) is 8.77. The summed E-state index contributed by atoms with van der Waals surface area (Å²) in [4.78, 5) is 17.0. The lowest BCUT2D eigenvalue weighted by Gasteiger charge is -2.38. The number of fused-ring (bicyclic) bond motifs is 2. The van der Waals surface area contributed by atoms with Gasteiger partial charge in [0.15, 0.2) is 0 Å². The normalized spacial score (nSPS) is 18.4. The Balaban J connectivity index is 0.00000158. The zero-order valence-corrected chi connectivity index (χ0v) is 24.4. The lowest BCUT2D eigenvalue weighted by Crippen LogP contribution is -2.47. The quantitative estimate of drug-likeness (QED) is 0.215. The van der Waals surface area contributed by atoms with Gasteiger partial charge in [0.05, 0.1) is 12.0 Å². The van der Waals surface area contributed by atoms with E-state index in [2.05, 4.69) is 128 Å². The highest BCUT2D eigenvalue weighted by Crippen LogP contribution is 2.48. The Hall–Kier alpha value is -3.91. The highest BCUT2D eigenvalue weighted by molar-refractivity contribution is 5.99. The average molecular weight is 528 g/mol. The van der Waals surface area contributed by atoms with Crippen molar-refractivity contribution in [2.75, 3.05) is 4.90 Å². The van der Waals surface area contributed by atoms with Crippen LogP contribution >= 0.6 is 0 Å². The van der Waals surface area contributed by atoms with Gasteiger partial charge >= 0.3 is 0 Å². The van der Waals surface area contributed by atoms with E-state index in [0.29, 0.717) is 12.5 Å². The lowest BCUT2D eigenvalue weighted by molar-refractivity contribution is -0.130. The van der Waals surface area contributed by atoms with Gasteiger partial charge in [-0.25, -0.2) is 0 Å². The summed E-state index contributed by atoms with van der Waals surface area (Å²) in [7, 11) is 0. The molecule has 1 fully saturated rings. The zero-order valence-electron chi connectivity index (χ0n) is 24.4. The molecule has 1 aliphatic carbocycles. The summed E-state index contributed by atoms with van der Waals surface area (Å²) in [6.07, 6.45) is 3.90. The van der Waals surface area contributed by atoms with Crippen LogP contribution in [0.3, 0.4) is 0 Å². The fourth-order valence-electron chi connectivity index (χ4n) is 6.54. The summed E-state index contributed by atoms with van der Waals surface area (Å²) >= 11 is 0. The molecule has 2 unspecified atom stereocenters. The highest BCUT2D eigenvalue weighted by atomic mass is 16.2. The van der Waals surface area contributed by atoms with Gasteiger partial charge in [-0.1, -0.05) is 124 Å². The van der Waals surface area contributed by atoms with E-state index in [1.807, 2.05) is 13.8 Å². The van der Waals surface area contributed by atoms with Crippen LogP contribution in [0, 0.1) is 18.3 Å². The second kappa shape index (κ2) is 12.1. The Morgan fingerprint density at radius 1 is 0.750 bits per heavy atom. The summed E-state index contributed by atoms with van der Waals surface area (Å²) in [5.41, 5.74) is 4.14. The average Bonchev–Trinajstić information content (AvgIpc) is 3.37. The number of carbonyl (C=O) groups excluding carboxylic acids is 1. The number of anilines is 1. The molecule has 1 amide bonds. The third kappa shape index (κ3) is 5.41. The van der Waals surface area contributed by atoms with Crippen LogP contribution in [-0.2, 0) is 17.8 Å². The molecule has 0 spiro atoms. The van der Waals surface area contributed by atoms with E-state index in [-0.39, 0.29) is 5.91 Å². The Kier molecular flexibility index (Phi) is 8.35. The molecule has 2 heteroatoms. The molecular weight excluding hydrogens is 486 g/mol. The molecule has 0 radical (unpaired) electrons. The van der Waals surface area contributed by atoms with E-state index in [0.717, 1.165) is 42.5 Å². The van der Waals surface area contributed by atoms with Crippen molar-refractivity contribution in [3.8, 4) is 0 Å². The fourth-order valence-corrected chi connectivity index (χ4v) is 6.54. The summed E-state index contributed by atoms with van der Waals surface area (Å²) in [6, 6.07) is 38.6. The van der Waals surface area contributed by atoms with Crippen LogP contribution in [-0.4, -0.2) is 5.91 Å². The predicted molar refractivity (Wildman–Crippen MR) is 171 cm³/mol. The number of rotatable bonds is 6. The van der Waals surface area contributed by atoms with Gasteiger partial charge in [0, 0.05) is 5.69 Å². The minimum absolute atomic E-state index is 0.262. The van der Waals surface area contributed by atoms with Gasteiger partial charge in [-0.15, -0.1) is 0 Å². The van der Waals surface area contributed by atoms with Crippen molar-refractivity contribution < 1.29 is 4.79 Å². The van der Waals surface area contributed by atoms with Gasteiger partial charge < -0.3 is 4.90 Å². The van der Waals surface area contributed by atoms with Gasteiger partial charge in [-0.3, -0.25) is 4.79 Å². The van der Waals surface area contributed by atoms with Crippen LogP contribution in [0.25, 0.3) is 21.5 Å². The molecule has 0 N–H and O–H groups in total. The van der Waals surface area contributed by atoms with E-state index >= 15 is 0 Å². The van der Waals surface area contributed by atoms with Gasteiger partial charge in [-0.2, -0.15) is 0 Å². The maximum absolute atomic E-state index is 14.9. The van der Waals surface area contributed by atoms with Crippen LogP contribution in [0.1, 0.15) is 56.7 Å². The molecule has 2 atom stereocenters. The first-order valence-corrected chi connectivity index (χ1v) is 14.9. The van der Waals surface area contributed by atoms with Gasteiger partial charge in [0.25, 0.3) is 0 Å². The van der Waals surface area contributed by atoms with Gasteiger partial charge in [0.2, 0.25) is 5.91 Å². The summed E-state index contributed by atoms with van der Waals surface area (Å²) in [6.45, 7) is 8.98. The zero-order chi connectivity index (χ0) is 28.1. The molecule has 40 heavy (non-hydrogen) atoms. The summed E-state index contributed by atoms with van der Waals surface area (Å²) < 4.78 is 0. The smallest absolute Gasteiger partial charge is 0.234 e. The molecule has 1 saturated carbocycles. The van der Waals surface area contributed by atoms with Crippen LogP contribution < -0.4 is 4.90 Å². The largest absolute Gasteiger partial charge is 0.307 e. The number of hydrogen-bond acceptors (Lipinski definition) is 1. The Labute approximate surface area is 239 Å². The lowest BCUT2D eigenvalue weighted by atomic mass is 9.72. The second-order valence-corrected chi connectivity index (χ2v) is 11.2. The summed E-state index contributed by atoms with van der Waals surface area (Å²) in [5, 5.41) is 4.92. The van der Waals surface area contributed by atoms with Crippen molar-refractivity contribution >= 4 is 33.1 Å². The molecule has 0 aromatic heterocycles. The number of amides is 1. The van der Waals surface area contributed by atoms with E-state index in [1.54, 1.807) is 0 Å². The van der Waals surface area contributed by atoms with Crippen molar-refractivity contribution in [2.24, 2.45) is 11.3 Å². The van der Waals surface area contributed by atoms with E-state index in [9.17, 15) is 4.79 Å². The molecule has 0 heterocycles. The van der Waals surface area contributed by atoms with Crippen LogP contribution in [0.5, 0.6) is 0 Å². The molecule has 0 bridgehead atoms. The molecule has 204 valence electrons. The highest BCUT2D eigenvalue weighted by Gasteiger charge is 2.48. The van der Waals surface area contributed by atoms with Gasteiger partial charge in [0.1, 0.15) is 0 Å². The van der Waals surface area contributed by atoms with Crippen molar-refractivity contribution in [2.45, 2.75) is 59.9 Å². The summed E-state index contributed by atoms with van der Waals surface area (Å²) in [5.74, 6) is 0.586. The van der Waals surface area contributed by atoms with Crippen molar-refractivity contribution in [1.29, 1.82) is 0 Å². The molecule has 5 aromatic rings. The second-order valence-electron chi connectivity index (χ2n) is 11.2. The first kappa shape index (κ1) is 27.6. The minimum Gasteiger partial charge on any atom is -0.307 e. The Bertz CT molecular complexity index is 1620. The SMILES string of the molecule is CC.Cc1ccccc1N(Cc1ccc2ccccc2c1)C(=O)C1(Cc2ccc3ccccc3c2)CCCC1C. The van der Waals surface area contributed by atoms with E-state index < -0.39 is 5.41 Å². The molecule has 6 rings (SSSR count). The van der Waals surface area contributed by atoms with Crippen molar-refractivity contribution in [3.63, 3.8) is 0 Å². The van der Waals surface area contributed by atoms with Crippen LogP contribution in [0.2, 0.25) is 0 Å². The molecule has 2 nitrogen and oxygen atoms in total. The Morgan fingerprint density at radius 2 is 1.30 bits per heavy atom. The predicted octanol–water partition coefficient (Wildman–Crippen LogP) is 9.91. The Morgan fingerprint density at radius 3 is 1.90 bits per heavy atom. The standard InChI is InChI=1S/C36H35NO.C2H6/c1-26-10-3-8-16-34(26)37(25-29-18-20-31-13-5-7-15-33(31)23-29)35(38)36(21-9-11-27(36)2)24-28-17-19-30-12-4-6-14-32(30)22-28;1-2/h3-8,10,12-20,22-23,27H,9,11,21,24-25H2,1-2H3;1-2H3. The number of benzene rings is 5. The molecule has 0 saturated heterocycles. The number of nitrogens with zero attached hydrogens (tertiary/aromatic N) is 1. The van der Waals surface area contributed by atoms with Crippen molar-refractivity contribution in [1.82, 2.24) is 0 Å². The third-order valence-electron chi connectivity index (χ3n) is 8.77. The number of carbonyl (C=O) groups is 1. The monoisotopic (exact) mass is 527 g/mol. The maximum atomic E-state index is 14.9.